The lowest BCUT2D eigenvalue weighted by Crippen LogP contribution is -2.10. The second-order valence-electron chi connectivity index (χ2n) is 6.78. The fraction of sp³-hybridized carbons (Fsp3) is 0.300. The number of nitro groups is 1. The summed E-state index contributed by atoms with van der Waals surface area (Å²) in [5.41, 5.74) is 2.21. The standard InChI is InChI=1S/C20H22N4O2S/c1-15(2)13-23-19(12-16-7-4-3-5-8-16)21-22-20(23)27-14-17-9-6-10-18(11-17)24(25)26/h3-11,15H,12-14H2,1-2H3. The molecule has 0 unspecified atom stereocenters. The van der Waals surface area contributed by atoms with Crippen LogP contribution < -0.4 is 0 Å². The molecule has 0 bridgehead atoms. The molecule has 6 nitrogen and oxygen atoms in total. The van der Waals surface area contributed by atoms with Gasteiger partial charge < -0.3 is 4.57 Å². The second kappa shape index (κ2) is 8.81. The Morgan fingerprint density at radius 2 is 1.81 bits per heavy atom. The normalized spacial score (nSPS) is 11.1. The molecule has 0 N–H and O–H groups in total. The summed E-state index contributed by atoms with van der Waals surface area (Å²) < 4.78 is 2.17. The molecule has 7 heteroatoms. The van der Waals surface area contributed by atoms with Crippen LogP contribution in [0.25, 0.3) is 0 Å². The summed E-state index contributed by atoms with van der Waals surface area (Å²) in [6.07, 6.45) is 0.734. The number of benzene rings is 2. The van der Waals surface area contributed by atoms with E-state index in [0.717, 1.165) is 29.5 Å². The van der Waals surface area contributed by atoms with Gasteiger partial charge in [-0.25, -0.2) is 0 Å². The van der Waals surface area contributed by atoms with E-state index in [-0.39, 0.29) is 10.6 Å². The highest BCUT2D eigenvalue weighted by Gasteiger charge is 2.15. The fourth-order valence-electron chi connectivity index (χ4n) is 2.79. The number of rotatable bonds is 8. The molecule has 0 radical (unpaired) electrons. The van der Waals surface area contributed by atoms with E-state index in [9.17, 15) is 10.1 Å². The number of thioether (sulfide) groups is 1. The topological polar surface area (TPSA) is 73.8 Å². The van der Waals surface area contributed by atoms with Crippen molar-refractivity contribution in [3.05, 3.63) is 81.7 Å². The Morgan fingerprint density at radius 1 is 1.07 bits per heavy atom. The lowest BCUT2D eigenvalue weighted by molar-refractivity contribution is -0.384. The molecule has 0 amide bonds. The zero-order valence-corrected chi connectivity index (χ0v) is 16.2. The van der Waals surface area contributed by atoms with Crippen molar-refractivity contribution < 1.29 is 4.92 Å². The van der Waals surface area contributed by atoms with E-state index in [4.69, 9.17) is 0 Å². The summed E-state index contributed by atoms with van der Waals surface area (Å²) in [6.45, 7) is 5.18. The number of aromatic nitrogens is 3. The molecule has 2 aromatic carbocycles. The van der Waals surface area contributed by atoms with Crippen LogP contribution in [0, 0.1) is 16.0 Å². The van der Waals surface area contributed by atoms with E-state index < -0.39 is 0 Å². The first-order valence-corrected chi connectivity index (χ1v) is 9.83. The van der Waals surface area contributed by atoms with E-state index in [2.05, 4.69) is 40.7 Å². The molecule has 140 valence electrons. The van der Waals surface area contributed by atoms with Gasteiger partial charge in [0, 0.05) is 30.9 Å². The van der Waals surface area contributed by atoms with Crippen molar-refractivity contribution in [1.82, 2.24) is 14.8 Å². The van der Waals surface area contributed by atoms with Gasteiger partial charge in [-0.1, -0.05) is 68.1 Å². The molecule has 0 atom stereocenters. The summed E-state index contributed by atoms with van der Waals surface area (Å²) in [5, 5.41) is 20.6. The molecule has 0 saturated carbocycles. The maximum absolute atomic E-state index is 11.0. The van der Waals surface area contributed by atoms with Crippen LogP contribution in [-0.2, 0) is 18.7 Å². The van der Waals surface area contributed by atoms with Gasteiger partial charge in [0.15, 0.2) is 5.16 Å². The SMILES string of the molecule is CC(C)Cn1c(Cc2ccccc2)nnc1SCc1cccc([N+](=O)[O-])c1. The number of non-ortho nitro benzene ring substituents is 1. The number of hydrogen-bond acceptors (Lipinski definition) is 5. The van der Waals surface area contributed by atoms with E-state index >= 15 is 0 Å². The Kier molecular flexibility index (Phi) is 6.24. The Balaban J connectivity index is 1.78. The smallest absolute Gasteiger partial charge is 0.269 e. The Labute approximate surface area is 162 Å². The number of nitrogens with zero attached hydrogens (tertiary/aromatic N) is 4. The molecule has 3 rings (SSSR count). The minimum atomic E-state index is -0.368. The summed E-state index contributed by atoms with van der Waals surface area (Å²) in [6, 6.07) is 17.0. The maximum atomic E-state index is 11.0. The summed E-state index contributed by atoms with van der Waals surface area (Å²) >= 11 is 1.56. The van der Waals surface area contributed by atoms with Crippen molar-refractivity contribution in [1.29, 1.82) is 0 Å². The van der Waals surface area contributed by atoms with Crippen LogP contribution in [0.2, 0.25) is 0 Å². The third kappa shape index (κ3) is 5.17. The first kappa shape index (κ1) is 19.1. The third-order valence-corrected chi connectivity index (χ3v) is 5.07. The molecular weight excluding hydrogens is 360 g/mol. The minimum absolute atomic E-state index is 0.113. The fourth-order valence-corrected chi connectivity index (χ4v) is 3.70. The second-order valence-corrected chi connectivity index (χ2v) is 7.72. The molecule has 1 aromatic heterocycles. The van der Waals surface area contributed by atoms with Crippen LogP contribution in [0.1, 0.15) is 30.8 Å². The maximum Gasteiger partial charge on any atom is 0.269 e. The molecule has 27 heavy (non-hydrogen) atoms. The van der Waals surface area contributed by atoms with Crippen LogP contribution in [0.15, 0.2) is 59.8 Å². The predicted octanol–water partition coefficient (Wildman–Crippen LogP) is 4.73. The molecule has 0 aliphatic carbocycles. The molecule has 0 aliphatic heterocycles. The Bertz CT molecular complexity index is 909. The van der Waals surface area contributed by atoms with Crippen LogP contribution in [0.4, 0.5) is 5.69 Å². The van der Waals surface area contributed by atoms with Gasteiger partial charge in [0.05, 0.1) is 4.92 Å². The van der Waals surface area contributed by atoms with Gasteiger partial charge in [0.25, 0.3) is 5.69 Å². The lowest BCUT2D eigenvalue weighted by atomic mass is 10.1. The van der Waals surface area contributed by atoms with Crippen LogP contribution in [0.3, 0.4) is 0 Å². The Morgan fingerprint density at radius 3 is 2.52 bits per heavy atom. The first-order valence-electron chi connectivity index (χ1n) is 8.85. The van der Waals surface area contributed by atoms with Crippen molar-refractivity contribution in [3.8, 4) is 0 Å². The molecule has 0 spiro atoms. The molecular formula is C20H22N4O2S. The summed E-state index contributed by atoms with van der Waals surface area (Å²) in [7, 11) is 0. The van der Waals surface area contributed by atoms with E-state index in [1.54, 1.807) is 23.9 Å². The highest BCUT2D eigenvalue weighted by Crippen LogP contribution is 2.25. The number of nitro benzene ring substituents is 1. The molecule has 0 aliphatic rings. The molecule has 0 saturated heterocycles. The first-order chi connectivity index (χ1) is 13.0. The number of hydrogen-bond donors (Lipinski definition) is 0. The Hall–Kier alpha value is -2.67. The molecule has 1 heterocycles. The zero-order chi connectivity index (χ0) is 19.2. The average molecular weight is 382 g/mol. The summed E-state index contributed by atoms with van der Waals surface area (Å²) in [4.78, 5) is 10.6. The predicted molar refractivity (Wildman–Crippen MR) is 107 cm³/mol. The lowest BCUT2D eigenvalue weighted by Gasteiger charge is -2.12. The zero-order valence-electron chi connectivity index (χ0n) is 15.4. The van der Waals surface area contributed by atoms with Crippen molar-refractivity contribution >= 4 is 17.4 Å². The molecule has 3 aromatic rings. The largest absolute Gasteiger partial charge is 0.305 e. The van der Waals surface area contributed by atoms with E-state index in [1.165, 1.54) is 11.6 Å². The van der Waals surface area contributed by atoms with Crippen LogP contribution in [-0.4, -0.2) is 19.7 Å². The van der Waals surface area contributed by atoms with Crippen molar-refractivity contribution in [2.75, 3.05) is 0 Å². The van der Waals surface area contributed by atoms with E-state index in [0.29, 0.717) is 11.7 Å². The van der Waals surface area contributed by atoms with Gasteiger partial charge >= 0.3 is 0 Å². The van der Waals surface area contributed by atoms with Crippen LogP contribution >= 0.6 is 11.8 Å². The van der Waals surface area contributed by atoms with Gasteiger partial charge in [-0.3, -0.25) is 10.1 Å². The van der Waals surface area contributed by atoms with Crippen molar-refractivity contribution in [3.63, 3.8) is 0 Å². The van der Waals surface area contributed by atoms with Crippen molar-refractivity contribution in [2.45, 2.75) is 37.7 Å². The molecule has 0 fully saturated rings. The quantitative estimate of drug-likeness (QED) is 0.320. The van der Waals surface area contributed by atoms with Gasteiger partial charge in [-0.2, -0.15) is 0 Å². The van der Waals surface area contributed by atoms with Crippen molar-refractivity contribution in [2.24, 2.45) is 5.92 Å². The van der Waals surface area contributed by atoms with Crippen LogP contribution in [0.5, 0.6) is 0 Å². The summed E-state index contributed by atoms with van der Waals surface area (Å²) in [5.74, 6) is 2.02. The minimum Gasteiger partial charge on any atom is -0.305 e. The van der Waals surface area contributed by atoms with Gasteiger partial charge in [-0.05, 0) is 17.0 Å². The monoisotopic (exact) mass is 382 g/mol. The van der Waals surface area contributed by atoms with E-state index in [1.807, 2.05) is 24.3 Å². The van der Waals surface area contributed by atoms with Gasteiger partial charge in [0.2, 0.25) is 0 Å². The van der Waals surface area contributed by atoms with Gasteiger partial charge in [0.1, 0.15) is 5.82 Å². The van der Waals surface area contributed by atoms with Gasteiger partial charge in [-0.15, -0.1) is 10.2 Å². The third-order valence-electron chi connectivity index (χ3n) is 4.04. The highest BCUT2D eigenvalue weighted by atomic mass is 32.2. The average Bonchev–Trinajstić information content (AvgIpc) is 3.02. The highest BCUT2D eigenvalue weighted by molar-refractivity contribution is 7.98.